The van der Waals surface area contributed by atoms with Gasteiger partial charge >= 0.3 is 0 Å². The van der Waals surface area contributed by atoms with Crippen LogP contribution in [0.25, 0.3) is 22.3 Å². The topological polar surface area (TPSA) is 0 Å². The molecule has 0 saturated carbocycles. The molecule has 0 bridgehead atoms. The third-order valence-electron chi connectivity index (χ3n) is 4.59. The van der Waals surface area contributed by atoms with Crippen LogP contribution >= 0.6 is 81.4 Å². The molecular weight excluding hydrogens is 533 g/mol. The molecule has 7 heteroatoms. The van der Waals surface area contributed by atoms with Crippen LogP contribution in [0, 0.1) is 0 Å². The maximum atomic E-state index is 6.78. The zero-order valence-electron chi connectivity index (χ0n) is 15.6. The lowest BCUT2D eigenvalue weighted by molar-refractivity contribution is 1.40. The van der Waals surface area contributed by atoms with Crippen LogP contribution in [0.15, 0.2) is 82.6 Å². The van der Waals surface area contributed by atoms with E-state index in [0.717, 1.165) is 11.1 Å². The lowest BCUT2D eigenvalue weighted by Crippen LogP contribution is -1.89. The molecule has 0 atom stereocenters. The number of hydrogen-bond acceptors (Lipinski definition) is 1. The number of benzene rings is 4. The Morgan fingerprint density at radius 3 is 1.16 bits per heavy atom. The first-order valence-corrected chi connectivity index (χ1v) is 12.1. The van der Waals surface area contributed by atoms with E-state index in [2.05, 4.69) is 0 Å². The van der Waals surface area contributed by atoms with Crippen molar-refractivity contribution in [2.45, 2.75) is 9.79 Å². The van der Waals surface area contributed by atoms with Crippen molar-refractivity contribution < 1.29 is 0 Å². The highest BCUT2D eigenvalue weighted by atomic mass is 35.5. The van der Waals surface area contributed by atoms with Crippen molar-refractivity contribution in [3.8, 4) is 22.3 Å². The average molecular weight is 545 g/mol. The normalized spacial score (nSPS) is 11.0. The second kappa shape index (κ2) is 9.85. The van der Waals surface area contributed by atoms with Crippen LogP contribution in [0.3, 0.4) is 0 Å². The Bertz CT molecular complexity index is 1160. The fourth-order valence-corrected chi connectivity index (χ4v) is 6.02. The van der Waals surface area contributed by atoms with E-state index in [1.165, 1.54) is 11.8 Å². The van der Waals surface area contributed by atoms with Crippen LogP contribution in [0.4, 0.5) is 0 Å². The lowest BCUT2D eigenvalue weighted by Gasteiger charge is -2.16. The molecule has 0 radical (unpaired) electrons. The standard InChI is InChI=1S/C24H12Cl6S/c25-15-11-17(23(29)19(21(15)27)13-7-3-1-4-8-13)31-18-12-16(26)22(28)20(24(18)30)14-9-5-2-6-10-14/h1-12H. The van der Waals surface area contributed by atoms with Crippen LogP contribution in [0.2, 0.25) is 30.1 Å². The summed E-state index contributed by atoms with van der Waals surface area (Å²) >= 11 is 40.8. The zero-order chi connectivity index (χ0) is 22.1. The molecule has 31 heavy (non-hydrogen) atoms. The lowest BCUT2D eigenvalue weighted by atomic mass is 10.1. The SMILES string of the molecule is Clc1cc(Sc2cc(Cl)c(Cl)c(-c3ccccc3)c2Cl)c(Cl)c(-c2ccccc2)c1Cl. The van der Waals surface area contributed by atoms with Gasteiger partial charge in [0.2, 0.25) is 0 Å². The van der Waals surface area contributed by atoms with Crippen molar-refractivity contribution in [2.24, 2.45) is 0 Å². The molecule has 0 amide bonds. The van der Waals surface area contributed by atoms with E-state index in [9.17, 15) is 0 Å². The molecule has 4 rings (SSSR count). The van der Waals surface area contributed by atoms with E-state index in [-0.39, 0.29) is 0 Å². The molecular formula is C24H12Cl6S. The Morgan fingerprint density at radius 2 is 0.806 bits per heavy atom. The highest BCUT2D eigenvalue weighted by molar-refractivity contribution is 7.99. The second-order valence-corrected chi connectivity index (χ2v) is 9.96. The Labute approximate surface area is 215 Å². The van der Waals surface area contributed by atoms with E-state index in [4.69, 9.17) is 69.6 Å². The molecule has 0 heterocycles. The van der Waals surface area contributed by atoms with E-state index in [1.54, 1.807) is 12.1 Å². The molecule has 0 saturated heterocycles. The highest BCUT2D eigenvalue weighted by Crippen LogP contribution is 2.50. The van der Waals surface area contributed by atoms with Gasteiger partial charge in [-0.25, -0.2) is 0 Å². The first-order valence-electron chi connectivity index (χ1n) is 9.02. The van der Waals surface area contributed by atoms with Gasteiger partial charge < -0.3 is 0 Å². The molecule has 0 aromatic heterocycles. The number of rotatable bonds is 4. The summed E-state index contributed by atoms with van der Waals surface area (Å²) in [7, 11) is 0. The molecule has 0 nitrogen and oxygen atoms in total. The molecule has 4 aromatic rings. The van der Waals surface area contributed by atoms with Crippen LogP contribution in [-0.2, 0) is 0 Å². The van der Waals surface area contributed by atoms with Gasteiger partial charge in [0.25, 0.3) is 0 Å². The fraction of sp³-hybridized carbons (Fsp3) is 0. The van der Waals surface area contributed by atoms with Gasteiger partial charge in [0.15, 0.2) is 0 Å². The summed E-state index contributed by atoms with van der Waals surface area (Å²) in [6, 6.07) is 22.7. The third kappa shape index (κ3) is 4.70. The van der Waals surface area contributed by atoms with Gasteiger partial charge in [-0.1, -0.05) is 142 Å². The van der Waals surface area contributed by atoms with Crippen LogP contribution in [0.5, 0.6) is 0 Å². The predicted molar refractivity (Wildman–Crippen MR) is 138 cm³/mol. The summed E-state index contributed by atoms with van der Waals surface area (Å²) in [4.78, 5) is 1.41. The molecule has 0 N–H and O–H groups in total. The molecule has 0 spiro atoms. The summed E-state index contributed by atoms with van der Waals surface area (Å²) in [5.41, 5.74) is 3.07. The Balaban J connectivity index is 1.86. The van der Waals surface area contributed by atoms with Gasteiger partial charge in [0, 0.05) is 20.9 Å². The zero-order valence-corrected chi connectivity index (χ0v) is 21.0. The summed E-state index contributed by atoms with van der Waals surface area (Å²) in [5, 5.41) is 2.54. The molecule has 0 aliphatic rings. The summed E-state index contributed by atoms with van der Waals surface area (Å²) in [6.07, 6.45) is 0. The maximum absolute atomic E-state index is 6.78. The summed E-state index contributed by atoms with van der Waals surface area (Å²) in [5.74, 6) is 0. The monoisotopic (exact) mass is 542 g/mol. The minimum Gasteiger partial charge on any atom is -0.0868 e. The molecule has 0 aliphatic carbocycles. The Morgan fingerprint density at radius 1 is 0.452 bits per heavy atom. The van der Waals surface area contributed by atoms with Gasteiger partial charge in [0.1, 0.15) is 0 Å². The quantitative estimate of drug-likeness (QED) is 0.230. The molecule has 0 unspecified atom stereocenters. The van der Waals surface area contributed by atoms with Gasteiger partial charge in [-0.3, -0.25) is 0 Å². The van der Waals surface area contributed by atoms with E-state index in [0.29, 0.717) is 51.1 Å². The van der Waals surface area contributed by atoms with E-state index >= 15 is 0 Å². The highest BCUT2D eigenvalue weighted by Gasteiger charge is 2.21. The number of hydrogen-bond donors (Lipinski definition) is 0. The van der Waals surface area contributed by atoms with Crippen molar-refractivity contribution in [1.82, 2.24) is 0 Å². The molecule has 4 aromatic carbocycles. The van der Waals surface area contributed by atoms with Crippen molar-refractivity contribution in [3.05, 3.63) is 103 Å². The maximum Gasteiger partial charge on any atom is 0.0686 e. The summed E-state index contributed by atoms with van der Waals surface area (Å²) < 4.78 is 0. The first kappa shape index (κ1) is 23.1. The summed E-state index contributed by atoms with van der Waals surface area (Å²) in [6.45, 7) is 0. The first-order chi connectivity index (χ1) is 14.9. The second-order valence-electron chi connectivity index (χ2n) is 6.55. The van der Waals surface area contributed by atoms with Crippen molar-refractivity contribution in [2.75, 3.05) is 0 Å². The smallest absolute Gasteiger partial charge is 0.0686 e. The number of halogens is 6. The molecule has 0 fully saturated rings. The van der Waals surface area contributed by atoms with Gasteiger partial charge in [-0.2, -0.15) is 0 Å². The average Bonchev–Trinajstić information content (AvgIpc) is 2.77. The minimum absolute atomic E-state index is 0.395. The van der Waals surface area contributed by atoms with Crippen molar-refractivity contribution in [3.63, 3.8) is 0 Å². The van der Waals surface area contributed by atoms with E-state index in [1.807, 2.05) is 60.7 Å². The van der Waals surface area contributed by atoms with Crippen molar-refractivity contribution >= 4 is 81.4 Å². The fourth-order valence-electron chi connectivity index (χ4n) is 3.15. The third-order valence-corrected chi connectivity index (χ3v) is 8.26. The van der Waals surface area contributed by atoms with Gasteiger partial charge in [-0.05, 0) is 23.3 Å². The predicted octanol–water partition coefficient (Wildman–Crippen LogP) is 11.1. The van der Waals surface area contributed by atoms with Gasteiger partial charge in [-0.15, -0.1) is 0 Å². The van der Waals surface area contributed by atoms with Crippen LogP contribution < -0.4 is 0 Å². The Hall–Kier alpha value is -1.03. The molecule has 156 valence electrons. The molecule has 0 aliphatic heterocycles. The largest absolute Gasteiger partial charge is 0.0868 e. The Kier molecular flexibility index (Phi) is 7.35. The van der Waals surface area contributed by atoms with Crippen LogP contribution in [-0.4, -0.2) is 0 Å². The minimum atomic E-state index is 0.395. The van der Waals surface area contributed by atoms with Gasteiger partial charge in [0.05, 0.1) is 30.1 Å². The van der Waals surface area contributed by atoms with Crippen molar-refractivity contribution in [1.29, 1.82) is 0 Å². The van der Waals surface area contributed by atoms with Crippen LogP contribution in [0.1, 0.15) is 0 Å². The van der Waals surface area contributed by atoms with E-state index < -0.39 is 0 Å².